The van der Waals surface area contributed by atoms with Gasteiger partial charge in [-0.25, -0.2) is 4.79 Å². The highest BCUT2D eigenvalue weighted by molar-refractivity contribution is 7.85. The van der Waals surface area contributed by atoms with Gasteiger partial charge in [0, 0.05) is 0 Å². The smallest absolute Gasteiger partial charge is 0.408 e. The van der Waals surface area contributed by atoms with Gasteiger partial charge in [-0.2, -0.15) is 0 Å². The second kappa shape index (κ2) is 5.34. The van der Waals surface area contributed by atoms with Gasteiger partial charge in [-0.15, -0.1) is 0 Å². The van der Waals surface area contributed by atoms with Crippen molar-refractivity contribution in [3.05, 3.63) is 59.1 Å². The van der Waals surface area contributed by atoms with Crippen LogP contribution in [0.3, 0.4) is 0 Å². The molecule has 0 radical (unpaired) electrons. The Labute approximate surface area is 117 Å². The highest BCUT2D eigenvalue weighted by Gasteiger charge is 2.15. The molecule has 0 spiro atoms. The number of aromatic amines is 1. The van der Waals surface area contributed by atoms with Crippen LogP contribution in [0.1, 0.15) is 0 Å². The van der Waals surface area contributed by atoms with E-state index in [1.165, 1.54) is 0 Å². The summed E-state index contributed by atoms with van der Waals surface area (Å²) in [6.45, 7) is 0. The Morgan fingerprint density at radius 1 is 1.05 bits per heavy atom. The Hall–Kier alpha value is -2.34. The molecule has 2 aromatic carbocycles. The highest BCUT2D eigenvalue weighted by Crippen LogP contribution is 2.24. The molecule has 1 unspecified atom stereocenters. The summed E-state index contributed by atoms with van der Waals surface area (Å²) in [6, 6.07) is 14.9. The van der Waals surface area contributed by atoms with Gasteiger partial charge in [0.15, 0.2) is 5.58 Å². The number of rotatable bonds is 0. The molecule has 0 amide bonds. The quantitative estimate of drug-likeness (QED) is 0.665. The van der Waals surface area contributed by atoms with Gasteiger partial charge in [0.1, 0.15) is 0 Å². The van der Waals surface area contributed by atoms with Crippen molar-refractivity contribution in [1.29, 1.82) is 0 Å². The van der Waals surface area contributed by atoms with Crippen molar-refractivity contribution in [2.45, 2.75) is 4.90 Å². The predicted octanol–water partition coefficient (Wildman–Crippen LogP) is 2.30. The molecule has 2 N–H and O–H groups in total. The summed E-state index contributed by atoms with van der Waals surface area (Å²) < 4.78 is 15.9. The first kappa shape index (κ1) is 12.7. The number of benzene rings is 2. The van der Waals surface area contributed by atoms with Crippen LogP contribution in [0.4, 0.5) is 5.69 Å². The molecule has 1 aliphatic rings. The third-order valence-electron chi connectivity index (χ3n) is 2.85. The molecule has 4 rings (SSSR count). The van der Waals surface area contributed by atoms with Crippen molar-refractivity contribution in [1.82, 2.24) is 4.98 Å². The third kappa shape index (κ3) is 2.50. The average Bonchev–Trinajstić information content (AvgIpc) is 3.02. The fourth-order valence-corrected chi connectivity index (χ4v) is 2.98. The van der Waals surface area contributed by atoms with Gasteiger partial charge in [-0.1, -0.05) is 24.3 Å². The van der Waals surface area contributed by atoms with Gasteiger partial charge in [-0.05, 0) is 24.3 Å². The van der Waals surface area contributed by atoms with Crippen molar-refractivity contribution in [2.75, 3.05) is 11.2 Å². The van der Waals surface area contributed by atoms with E-state index < -0.39 is 16.6 Å². The van der Waals surface area contributed by atoms with Gasteiger partial charge < -0.3 is 9.73 Å². The minimum atomic E-state index is -0.809. The SMILES string of the molecule is O=S1CNc2ccccc21.O=c1[nH]c2ccccc2o1. The number of aromatic nitrogens is 1. The van der Waals surface area contributed by atoms with Crippen LogP contribution in [-0.4, -0.2) is 15.1 Å². The first-order valence-electron chi connectivity index (χ1n) is 6.03. The lowest BCUT2D eigenvalue weighted by atomic mass is 10.3. The molecular formula is C14H12N2O3S. The van der Waals surface area contributed by atoms with Crippen molar-refractivity contribution < 1.29 is 8.63 Å². The molecule has 0 saturated carbocycles. The van der Waals surface area contributed by atoms with Crippen molar-refractivity contribution in [2.24, 2.45) is 0 Å². The normalized spacial score (nSPS) is 16.1. The van der Waals surface area contributed by atoms with E-state index in [1.54, 1.807) is 12.1 Å². The van der Waals surface area contributed by atoms with Crippen molar-refractivity contribution >= 4 is 27.6 Å². The summed E-state index contributed by atoms with van der Waals surface area (Å²) in [4.78, 5) is 14.0. The number of hydrogen-bond acceptors (Lipinski definition) is 4. The maximum atomic E-state index is 11.1. The predicted molar refractivity (Wildman–Crippen MR) is 78.2 cm³/mol. The lowest BCUT2D eigenvalue weighted by Crippen LogP contribution is -1.94. The van der Waals surface area contributed by atoms with Crippen molar-refractivity contribution in [3.8, 4) is 0 Å². The minimum Gasteiger partial charge on any atom is -0.408 e. The zero-order valence-electron chi connectivity index (χ0n) is 10.5. The van der Waals surface area contributed by atoms with E-state index in [0.29, 0.717) is 11.5 Å². The van der Waals surface area contributed by atoms with E-state index >= 15 is 0 Å². The van der Waals surface area contributed by atoms with Crippen LogP contribution in [0.5, 0.6) is 0 Å². The van der Waals surface area contributed by atoms with Crippen LogP contribution in [0.2, 0.25) is 0 Å². The van der Waals surface area contributed by atoms with Gasteiger partial charge in [0.2, 0.25) is 0 Å². The number of oxazole rings is 1. The van der Waals surface area contributed by atoms with Crippen LogP contribution in [0.25, 0.3) is 11.1 Å². The lowest BCUT2D eigenvalue weighted by molar-refractivity contribution is 0.555. The number of para-hydroxylation sites is 3. The maximum Gasteiger partial charge on any atom is 0.417 e. The van der Waals surface area contributed by atoms with Crippen molar-refractivity contribution in [3.63, 3.8) is 0 Å². The molecule has 1 atom stereocenters. The lowest BCUT2D eigenvalue weighted by Gasteiger charge is -1.92. The zero-order chi connectivity index (χ0) is 13.9. The van der Waals surface area contributed by atoms with Crippen LogP contribution >= 0.6 is 0 Å². The summed E-state index contributed by atoms with van der Waals surface area (Å²) >= 11 is 0. The molecule has 1 aliphatic heterocycles. The first-order chi connectivity index (χ1) is 9.74. The maximum absolute atomic E-state index is 11.1. The van der Waals surface area contributed by atoms with Crippen LogP contribution in [0.15, 0.2) is 62.6 Å². The molecule has 0 saturated heterocycles. The molecule has 2 heterocycles. The summed E-state index contributed by atoms with van der Waals surface area (Å²) in [5.74, 6) is 0.167. The number of anilines is 1. The molecule has 5 nitrogen and oxygen atoms in total. The molecule has 102 valence electrons. The van der Waals surface area contributed by atoms with E-state index in [-0.39, 0.29) is 0 Å². The molecule has 3 aromatic rings. The highest BCUT2D eigenvalue weighted by atomic mass is 32.2. The number of nitrogens with one attached hydrogen (secondary N) is 2. The Morgan fingerprint density at radius 3 is 2.60 bits per heavy atom. The molecule has 0 bridgehead atoms. The average molecular weight is 288 g/mol. The minimum absolute atomic E-state index is 0.402. The zero-order valence-corrected chi connectivity index (χ0v) is 11.3. The number of H-pyrrole nitrogens is 1. The number of fused-ring (bicyclic) bond motifs is 2. The van der Waals surface area contributed by atoms with Gasteiger partial charge in [0.25, 0.3) is 0 Å². The Balaban J connectivity index is 0.000000121. The summed E-state index contributed by atoms with van der Waals surface area (Å²) in [5.41, 5.74) is 2.36. The van der Waals surface area contributed by atoms with Gasteiger partial charge >= 0.3 is 5.76 Å². The fraction of sp³-hybridized carbons (Fsp3) is 0.0714. The fourth-order valence-electron chi connectivity index (χ4n) is 1.93. The molecule has 0 aliphatic carbocycles. The molecule has 20 heavy (non-hydrogen) atoms. The summed E-state index contributed by atoms with van der Waals surface area (Å²) in [7, 11) is -0.809. The molecule has 0 fully saturated rings. The molecular weight excluding hydrogens is 276 g/mol. The molecule has 1 aromatic heterocycles. The van der Waals surface area contributed by atoms with Crippen LogP contribution in [0, 0.1) is 0 Å². The van der Waals surface area contributed by atoms with E-state index in [9.17, 15) is 9.00 Å². The third-order valence-corrected chi connectivity index (χ3v) is 4.11. The second-order valence-electron chi connectivity index (χ2n) is 4.17. The van der Waals surface area contributed by atoms with Gasteiger partial charge in [-0.3, -0.25) is 9.19 Å². The van der Waals surface area contributed by atoms with Crippen LogP contribution < -0.4 is 11.1 Å². The first-order valence-corrected chi connectivity index (χ1v) is 7.35. The topological polar surface area (TPSA) is 75.1 Å². The summed E-state index contributed by atoms with van der Waals surface area (Å²) in [6.07, 6.45) is 0. The van der Waals surface area contributed by atoms with E-state index in [4.69, 9.17) is 4.42 Å². The van der Waals surface area contributed by atoms with E-state index in [2.05, 4.69) is 10.3 Å². The molecule has 6 heteroatoms. The largest absolute Gasteiger partial charge is 0.417 e. The Bertz CT molecular complexity index is 786. The summed E-state index contributed by atoms with van der Waals surface area (Å²) in [5, 5.41) is 3.05. The Kier molecular flexibility index (Phi) is 3.39. The Morgan fingerprint density at radius 2 is 1.80 bits per heavy atom. The van der Waals surface area contributed by atoms with Crippen LogP contribution in [-0.2, 0) is 10.8 Å². The number of hydrogen-bond donors (Lipinski definition) is 2. The second-order valence-corrected chi connectivity index (χ2v) is 5.59. The standard InChI is InChI=1S/C7H5NO2.C7H7NOS/c9-7-8-5-3-1-2-4-6(5)10-7;9-10-5-8-6-3-1-2-4-7(6)10/h1-4H,(H,8,9);1-4,8H,5H2. The van der Waals surface area contributed by atoms with Gasteiger partial charge in [0.05, 0.1) is 32.8 Å². The van der Waals surface area contributed by atoms with E-state index in [0.717, 1.165) is 16.1 Å². The monoisotopic (exact) mass is 288 g/mol. The van der Waals surface area contributed by atoms with E-state index in [1.807, 2.05) is 36.4 Å².